The highest BCUT2D eigenvalue weighted by Crippen LogP contribution is 1.90. The molecule has 0 N–H and O–H groups in total. The largest absolute Gasteiger partial charge is 0.207 e. The van der Waals surface area contributed by atoms with Gasteiger partial charge in [0.15, 0.2) is 0 Å². The van der Waals surface area contributed by atoms with E-state index in [0.29, 0.717) is 0 Å². The highest BCUT2D eigenvalue weighted by molar-refractivity contribution is 4.99. The van der Waals surface area contributed by atoms with Crippen molar-refractivity contribution in [3.05, 3.63) is 36.1 Å². The molecule has 0 saturated carbocycles. The fourth-order valence-electron chi connectivity index (χ4n) is 0.332. The third-order valence-corrected chi connectivity index (χ3v) is 0.609. The lowest BCUT2D eigenvalue weighted by Gasteiger charge is -1.77. The zero-order valence-corrected chi connectivity index (χ0v) is 3.61. The predicted molar refractivity (Wildman–Crippen MR) is 24.1 cm³/mol. The molecular formula is C6H3F. The van der Waals surface area contributed by atoms with Crippen LogP contribution in [0.25, 0.3) is 0 Å². The molecule has 1 aromatic rings. The summed E-state index contributed by atoms with van der Waals surface area (Å²) in [4.78, 5) is 0. The van der Waals surface area contributed by atoms with E-state index in [9.17, 15) is 4.39 Å². The number of benzene rings is 1. The average molecular weight is 94.1 g/mol. The Hall–Kier alpha value is -0.850. The van der Waals surface area contributed by atoms with Crippen LogP contribution in [0.2, 0.25) is 0 Å². The van der Waals surface area contributed by atoms with Crippen molar-refractivity contribution in [1.29, 1.82) is 0 Å². The van der Waals surface area contributed by atoms with Gasteiger partial charge in [-0.2, -0.15) is 0 Å². The van der Waals surface area contributed by atoms with Crippen LogP contribution in [0.3, 0.4) is 0 Å². The van der Waals surface area contributed by atoms with E-state index in [1.54, 1.807) is 0 Å². The van der Waals surface area contributed by atoms with E-state index in [-0.39, 0.29) is 5.82 Å². The smallest absolute Gasteiger partial charge is 0.124 e. The molecule has 1 aromatic carbocycles. The zero-order chi connectivity index (χ0) is 5.11. The van der Waals surface area contributed by atoms with Gasteiger partial charge in [-0.15, -0.1) is 0 Å². The molecule has 0 aliphatic carbocycles. The lowest BCUT2D eigenvalue weighted by atomic mass is 10.4. The van der Waals surface area contributed by atoms with Gasteiger partial charge in [0.05, 0.1) is 0 Å². The SMILES string of the molecule is Fc1c[c]c[c]c1. The van der Waals surface area contributed by atoms with Gasteiger partial charge in [0.1, 0.15) is 5.82 Å². The minimum absolute atomic E-state index is 0.289. The lowest BCUT2D eigenvalue weighted by molar-refractivity contribution is 0.627. The zero-order valence-electron chi connectivity index (χ0n) is 3.61. The van der Waals surface area contributed by atoms with Gasteiger partial charge in [-0.25, -0.2) is 4.39 Å². The second-order valence-electron chi connectivity index (χ2n) is 1.15. The van der Waals surface area contributed by atoms with Crippen molar-refractivity contribution in [2.75, 3.05) is 0 Å². The summed E-state index contributed by atoms with van der Waals surface area (Å²) in [6.45, 7) is 0. The molecule has 0 aliphatic heterocycles. The molecule has 0 spiro atoms. The van der Waals surface area contributed by atoms with E-state index >= 15 is 0 Å². The van der Waals surface area contributed by atoms with Crippen molar-refractivity contribution in [3.63, 3.8) is 0 Å². The van der Waals surface area contributed by atoms with Crippen molar-refractivity contribution in [2.24, 2.45) is 0 Å². The summed E-state index contributed by atoms with van der Waals surface area (Å²) < 4.78 is 11.8. The maximum atomic E-state index is 11.8. The molecule has 0 bridgehead atoms. The molecule has 0 amide bonds. The third-order valence-electron chi connectivity index (χ3n) is 0.609. The maximum Gasteiger partial charge on any atom is 0.124 e. The molecule has 0 saturated heterocycles. The van der Waals surface area contributed by atoms with Gasteiger partial charge < -0.3 is 0 Å². The normalized spacial score (nSPS) is 8.71. The van der Waals surface area contributed by atoms with Crippen LogP contribution in [0.5, 0.6) is 0 Å². The summed E-state index contributed by atoms with van der Waals surface area (Å²) in [7, 11) is 0. The van der Waals surface area contributed by atoms with E-state index in [1.807, 2.05) is 0 Å². The second kappa shape index (κ2) is 1.73. The van der Waals surface area contributed by atoms with Crippen LogP contribution < -0.4 is 0 Å². The van der Waals surface area contributed by atoms with Gasteiger partial charge in [-0.3, -0.25) is 0 Å². The number of halogens is 1. The Morgan fingerprint density at radius 1 is 1.29 bits per heavy atom. The predicted octanol–water partition coefficient (Wildman–Crippen LogP) is 1.43. The highest BCUT2D eigenvalue weighted by atomic mass is 19.1. The molecular weight excluding hydrogens is 91.1 g/mol. The third kappa shape index (κ3) is 1.000. The van der Waals surface area contributed by atoms with Gasteiger partial charge in [0.2, 0.25) is 0 Å². The lowest BCUT2D eigenvalue weighted by Crippen LogP contribution is -1.65. The van der Waals surface area contributed by atoms with Gasteiger partial charge >= 0.3 is 0 Å². The van der Waals surface area contributed by atoms with E-state index in [4.69, 9.17) is 0 Å². The molecule has 7 heavy (non-hydrogen) atoms. The molecule has 0 heterocycles. The number of hydrogen-bond donors (Lipinski definition) is 0. The highest BCUT2D eigenvalue weighted by Gasteiger charge is 1.78. The van der Waals surface area contributed by atoms with E-state index in [1.165, 1.54) is 18.2 Å². The first-order valence-electron chi connectivity index (χ1n) is 1.92. The fourth-order valence-corrected chi connectivity index (χ4v) is 0.332. The minimum Gasteiger partial charge on any atom is -0.207 e. The van der Waals surface area contributed by atoms with Crippen LogP contribution in [0, 0.1) is 17.9 Å². The van der Waals surface area contributed by atoms with Crippen LogP contribution in [-0.4, -0.2) is 0 Å². The molecule has 0 aliphatic rings. The van der Waals surface area contributed by atoms with Crippen molar-refractivity contribution in [2.45, 2.75) is 0 Å². The Morgan fingerprint density at radius 2 is 1.86 bits per heavy atom. The maximum absolute atomic E-state index is 11.8. The summed E-state index contributed by atoms with van der Waals surface area (Å²) in [5.41, 5.74) is 0. The van der Waals surface area contributed by atoms with Gasteiger partial charge in [-0.05, 0) is 30.3 Å². The average Bonchev–Trinajstić information content (AvgIpc) is 1.69. The minimum atomic E-state index is -0.289. The van der Waals surface area contributed by atoms with Crippen LogP contribution in [0.1, 0.15) is 0 Å². The van der Waals surface area contributed by atoms with Crippen molar-refractivity contribution >= 4 is 0 Å². The first kappa shape index (κ1) is 4.31. The summed E-state index contributed by atoms with van der Waals surface area (Å²) in [6.07, 6.45) is 0. The molecule has 0 aromatic heterocycles. The first-order valence-corrected chi connectivity index (χ1v) is 1.92. The topological polar surface area (TPSA) is 0 Å². The van der Waals surface area contributed by atoms with E-state index in [0.717, 1.165) is 0 Å². The molecule has 1 rings (SSSR count). The van der Waals surface area contributed by atoms with Crippen molar-refractivity contribution < 1.29 is 4.39 Å². The molecule has 1 heteroatoms. The van der Waals surface area contributed by atoms with Gasteiger partial charge in [0, 0.05) is 0 Å². The van der Waals surface area contributed by atoms with E-state index < -0.39 is 0 Å². The van der Waals surface area contributed by atoms with Crippen LogP contribution >= 0.6 is 0 Å². The Balaban J connectivity index is 3.02. The fraction of sp³-hybridized carbons (Fsp3) is 0. The van der Waals surface area contributed by atoms with Crippen LogP contribution in [-0.2, 0) is 0 Å². The Kier molecular flexibility index (Phi) is 1.07. The number of rotatable bonds is 0. The van der Waals surface area contributed by atoms with Gasteiger partial charge in [-0.1, -0.05) is 0 Å². The van der Waals surface area contributed by atoms with E-state index in [2.05, 4.69) is 12.1 Å². The Labute approximate surface area is 41.6 Å². The Morgan fingerprint density at radius 3 is 2.14 bits per heavy atom. The molecule has 0 unspecified atom stereocenters. The van der Waals surface area contributed by atoms with Crippen LogP contribution in [0.4, 0.5) is 4.39 Å². The summed E-state index contributed by atoms with van der Waals surface area (Å²) in [5, 5.41) is 0. The molecule has 34 valence electrons. The number of hydrogen-bond acceptors (Lipinski definition) is 0. The standard InChI is InChI=1S/C6H3F/c7-6-4-2-1-3-5-6/h1,4-5H. The molecule has 0 fully saturated rings. The second-order valence-corrected chi connectivity index (χ2v) is 1.15. The van der Waals surface area contributed by atoms with Crippen molar-refractivity contribution in [3.8, 4) is 0 Å². The summed E-state index contributed by atoms with van der Waals surface area (Å²) in [5.74, 6) is -0.289. The Bertz CT molecular complexity index is 134. The quantitative estimate of drug-likeness (QED) is 0.456. The molecule has 2 radical (unpaired) electrons. The first-order chi connectivity index (χ1) is 3.39. The molecule has 0 nitrogen and oxygen atoms in total. The summed E-state index contributed by atoms with van der Waals surface area (Å²) >= 11 is 0. The van der Waals surface area contributed by atoms with Gasteiger partial charge in [0.25, 0.3) is 0 Å². The monoisotopic (exact) mass is 94.0 g/mol. The summed E-state index contributed by atoms with van der Waals surface area (Å²) in [6, 6.07) is 9.11. The van der Waals surface area contributed by atoms with Crippen LogP contribution in [0.15, 0.2) is 18.2 Å². The molecule has 0 atom stereocenters. The van der Waals surface area contributed by atoms with Crippen molar-refractivity contribution in [1.82, 2.24) is 0 Å².